The van der Waals surface area contributed by atoms with E-state index in [1.807, 2.05) is 26.0 Å². The first-order valence-electron chi connectivity index (χ1n) is 11.3. The van der Waals surface area contributed by atoms with Crippen molar-refractivity contribution in [2.75, 3.05) is 12.0 Å². The van der Waals surface area contributed by atoms with Crippen molar-refractivity contribution in [3.8, 4) is 0 Å². The van der Waals surface area contributed by atoms with Gasteiger partial charge in [-0.2, -0.15) is 0 Å². The number of Topliss-reactive ketones (excluding diaryl/α,β-unsaturated/α-hetero) is 1. The van der Waals surface area contributed by atoms with Gasteiger partial charge in [0, 0.05) is 5.56 Å². The zero-order valence-corrected chi connectivity index (χ0v) is 20.9. The highest BCUT2D eigenvalue weighted by Gasteiger charge is 2.48. The highest BCUT2D eigenvalue weighted by atomic mass is 32.1. The molecule has 1 aliphatic heterocycles. The molecule has 7 nitrogen and oxygen atoms in total. The minimum atomic E-state index is -1.03. The topological polar surface area (TPSA) is 96.8 Å². The normalized spacial score (nSPS) is 17.0. The molecule has 5 rings (SSSR count). The van der Waals surface area contributed by atoms with E-state index < -0.39 is 35.3 Å². The van der Waals surface area contributed by atoms with Crippen LogP contribution in [-0.4, -0.2) is 34.9 Å². The molecule has 0 aliphatic carbocycles. The summed E-state index contributed by atoms with van der Waals surface area (Å²) in [6.07, 6.45) is 0. The number of halogens is 1. The van der Waals surface area contributed by atoms with Crippen LogP contribution in [0, 0.1) is 19.7 Å². The number of ketones is 1. The summed E-state index contributed by atoms with van der Waals surface area (Å²) in [5, 5.41) is 11.5. The second-order valence-corrected chi connectivity index (χ2v) is 9.72. The Kier molecular flexibility index (Phi) is 6.08. The summed E-state index contributed by atoms with van der Waals surface area (Å²) in [4.78, 5) is 44.6. The molecule has 1 saturated heterocycles. The van der Waals surface area contributed by atoms with Crippen LogP contribution in [0.5, 0.6) is 0 Å². The SMILES string of the molecule is COC(=O)c1ccc([C@H]2/C(=C(\O)c3ccc(F)cc3)C(=O)C(=O)N2c2nc3c(C)cc(C)cc3s2)cc1. The van der Waals surface area contributed by atoms with Crippen molar-refractivity contribution in [3.05, 3.63) is 99.9 Å². The van der Waals surface area contributed by atoms with Gasteiger partial charge >= 0.3 is 11.9 Å². The van der Waals surface area contributed by atoms with Crippen LogP contribution in [-0.2, 0) is 14.3 Å². The number of benzene rings is 3. The summed E-state index contributed by atoms with van der Waals surface area (Å²) in [5.74, 6) is -3.22. The average Bonchev–Trinajstić information content (AvgIpc) is 3.42. The monoisotopic (exact) mass is 516 g/mol. The maximum Gasteiger partial charge on any atom is 0.337 e. The van der Waals surface area contributed by atoms with E-state index in [-0.39, 0.29) is 16.7 Å². The lowest BCUT2D eigenvalue weighted by molar-refractivity contribution is -0.132. The molecule has 186 valence electrons. The Morgan fingerprint density at radius 1 is 1.03 bits per heavy atom. The van der Waals surface area contributed by atoms with Crippen molar-refractivity contribution in [1.29, 1.82) is 0 Å². The number of aromatic nitrogens is 1. The molecular weight excluding hydrogens is 495 g/mol. The molecule has 0 bridgehead atoms. The highest BCUT2D eigenvalue weighted by molar-refractivity contribution is 7.22. The van der Waals surface area contributed by atoms with Gasteiger partial charge in [-0.25, -0.2) is 14.2 Å². The first-order valence-corrected chi connectivity index (χ1v) is 12.1. The number of methoxy groups -OCH3 is 1. The van der Waals surface area contributed by atoms with Gasteiger partial charge in [0.1, 0.15) is 11.6 Å². The molecule has 1 atom stereocenters. The number of fused-ring (bicyclic) bond motifs is 1. The molecule has 1 N–H and O–H groups in total. The number of rotatable bonds is 4. The Morgan fingerprint density at radius 2 is 1.68 bits per heavy atom. The molecule has 0 saturated carbocycles. The lowest BCUT2D eigenvalue weighted by Gasteiger charge is -2.23. The predicted octanol–water partition coefficient (Wildman–Crippen LogP) is 5.47. The molecule has 3 aromatic carbocycles. The Hall–Kier alpha value is -4.37. The maximum atomic E-state index is 13.5. The van der Waals surface area contributed by atoms with Gasteiger partial charge < -0.3 is 9.84 Å². The molecule has 2 heterocycles. The summed E-state index contributed by atoms with van der Waals surface area (Å²) < 4.78 is 19.1. The number of hydrogen-bond acceptors (Lipinski definition) is 7. The molecule has 1 amide bonds. The van der Waals surface area contributed by atoms with Crippen LogP contribution in [0.1, 0.15) is 38.7 Å². The third-order valence-electron chi connectivity index (χ3n) is 6.23. The van der Waals surface area contributed by atoms with Crippen LogP contribution in [0.25, 0.3) is 16.0 Å². The number of aliphatic hydroxyl groups excluding tert-OH is 1. The van der Waals surface area contributed by atoms with Crippen molar-refractivity contribution < 1.29 is 28.6 Å². The van der Waals surface area contributed by atoms with Crippen LogP contribution < -0.4 is 4.90 Å². The molecule has 9 heteroatoms. The molecule has 0 radical (unpaired) electrons. The van der Waals surface area contributed by atoms with Crippen LogP contribution in [0.3, 0.4) is 0 Å². The molecule has 1 aromatic heterocycles. The van der Waals surface area contributed by atoms with Crippen molar-refractivity contribution in [1.82, 2.24) is 4.98 Å². The highest BCUT2D eigenvalue weighted by Crippen LogP contribution is 2.44. The second kappa shape index (κ2) is 9.25. The van der Waals surface area contributed by atoms with E-state index >= 15 is 0 Å². The van der Waals surface area contributed by atoms with E-state index in [9.17, 15) is 23.9 Å². The third-order valence-corrected chi connectivity index (χ3v) is 7.24. The molecule has 1 aliphatic rings. The van der Waals surface area contributed by atoms with Gasteiger partial charge in [0.2, 0.25) is 0 Å². The number of carbonyl (C=O) groups excluding carboxylic acids is 3. The number of amides is 1. The first kappa shape index (κ1) is 24.3. The van der Waals surface area contributed by atoms with Gasteiger partial charge in [-0.05, 0) is 73.0 Å². The van der Waals surface area contributed by atoms with Gasteiger partial charge in [-0.15, -0.1) is 0 Å². The van der Waals surface area contributed by atoms with Crippen molar-refractivity contribution in [2.24, 2.45) is 0 Å². The molecule has 0 unspecified atom stereocenters. The summed E-state index contributed by atoms with van der Waals surface area (Å²) >= 11 is 1.26. The van der Waals surface area contributed by atoms with Gasteiger partial charge in [0.05, 0.1) is 34.5 Å². The number of ether oxygens (including phenoxy) is 1. The smallest absolute Gasteiger partial charge is 0.337 e. The van der Waals surface area contributed by atoms with E-state index in [4.69, 9.17) is 4.74 Å². The zero-order chi connectivity index (χ0) is 26.4. The van der Waals surface area contributed by atoms with Crippen molar-refractivity contribution >= 4 is 50.1 Å². The fraction of sp³-hybridized carbons (Fsp3) is 0.143. The first-order chi connectivity index (χ1) is 17.7. The van der Waals surface area contributed by atoms with E-state index in [1.54, 1.807) is 12.1 Å². The van der Waals surface area contributed by atoms with Crippen LogP contribution in [0.15, 0.2) is 66.2 Å². The summed E-state index contributed by atoms with van der Waals surface area (Å²) in [5.41, 5.74) is 3.47. The Morgan fingerprint density at radius 3 is 2.32 bits per heavy atom. The van der Waals surface area contributed by atoms with Gasteiger partial charge in [0.25, 0.3) is 5.78 Å². The zero-order valence-electron chi connectivity index (χ0n) is 20.1. The molecule has 4 aromatic rings. The van der Waals surface area contributed by atoms with E-state index in [1.165, 1.54) is 47.6 Å². The Balaban J connectivity index is 1.72. The van der Waals surface area contributed by atoms with E-state index in [2.05, 4.69) is 4.98 Å². The van der Waals surface area contributed by atoms with Crippen molar-refractivity contribution in [3.63, 3.8) is 0 Å². The lowest BCUT2D eigenvalue weighted by atomic mass is 9.95. The number of hydrogen-bond donors (Lipinski definition) is 1. The number of carbonyl (C=O) groups is 3. The van der Waals surface area contributed by atoms with Gasteiger partial charge in [0.15, 0.2) is 5.13 Å². The fourth-order valence-electron chi connectivity index (χ4n) is 4.49. The number of esters is 1. The number of nitrogens with zero attached hydrogens (tertiary/aromatic N) is 2. The summed E-state index contributed by atoms with van der Waals surface area (Å²) in [6, 6.07) is 14.1. The minimum Gasteiger partial charge on any atom is -0.507 e. The number of aryl methyl sites for hydroxylation is 2. The number of thiazole rings is 1. The van der Waals surface area contributed by atoms with Gasteiger partial charge in [-0.3, -0.25) is 14.5 Å². The van der Waals surface area contributed by atoms with E-state index in [0.29, 0.717) is 16.2 Å². The Labute approximate surface area is 215 Å². The molecule has 37 heavy (non-hydrogen) atoms. The molecular formula is C28H21FN2O5S. The third kappa shape index (κ3) is 4.17. The number of anilines is 1. The predicted molar refractivity (Wildman–Crippen MR) is 138 cm³/mol. The molecule has 0 spiro atoms. The van der Waals surface area contributed by atoms with Crippen molar-refractivity contribution in [2.45, 2.75) is 19.9 Å². The molecule has 1 fully saturated rings. The minimum absolute atomic E-state index is 0.158. The maximum absolute atomic E-state index is 13.5. The average molecular weight is 517 g/mol. The van der Waals surface area contributed by atoms with Crippen LogP contribution in [0.4, 0.5) is 9.52 Å². The quantitative estimate of drug-likeness (QED) is 0.167. The number of aliphatic hydroxyl groups is 1. The summed E-state index contributed by atoms with van der Waals surface area (Å²) in [7, 11) is 1.27. The van der Waals surface area contributed by atoms with Crippen LogP contribution >= 0.6 is 11.3 Å². The summed E-state index contributed by atoms with van der Waals surface area (Å²) in [6.45, 7) is 3.88. The Bertz CT molecular complexity index is 1610. The lowest BCUT2D eigenvalue weighted by Crippen LogP contribution is -2.29. The fourth-order valence-corrected chi connectivity index (χ4v) is 5.66. The largest absolute Gasteiger partial charge is 0.507 e. The van der Waals surface area contributed by atoms with Crippen LogP contribution in [0.2, 0.25) is 0 Å². The second-order valence-electron chi connectivity index (χ2n) is 8.71. The van der Waals surface area contributed by atoms with E-state index in [0.717, 1.165) is 28.0 Å². The van der Waals surface area contributed by atoms with Gasteiger partial charge in [-0.1, -0.05) is 29.5 Å². The standard InChI is InChI=1S/C28H21FN2O5S/c1-14-12-15(2)22-20(13-14)37-28(30-22)31-23(16-4-6-18(7-5-16)27(35)36-3)21(25(33)26(31)34)24(32)17-8-10-19(29)11-9-17/h4-13,23,32H,1-3H3/b24-21+/t23-/m0/s1.